The van der Waals surface area contributed by atoms with Gasteiger partial charge in [-0.05, 0) is 6.07 Å². The van der Waals surface area contributed by atoms with Crippen LogP contribution in [0.15, 0.2) is 30.6 Å². The molecule has 0 aliphatic carbocycles. The minimum Gasteiger partial charge on any atom is -0.496 e. The van der Waals surface area contributed by atoms with Gasteiger partial charge in [0.05, 0.1) is 12.0 Å². The van der Waals surface area contributed by atoms with Crippen LogP contribution in [0.1, 0.15) is 5.56 Å². The summed E-state index contributed by atoms with van der Waals surface area (Å²) < 4.78 is 5.22. The van der Waals surface area contributed by atoms with Crippen molar-refractivity contribution in [2.75, 3.05) is 17.9 Å². The number of methoxy groups -OCH3 is 1. The zero-order valence-electron chi connectivity index (χ0n) is 11.2. The summed E-state index contributed by atoms with van der Waals surface area (Å²) >= 11 is 0. The molecule has 4 N–H and O–H groups in total. The quantitative estimate of drug-likeness (QED) is 0.412. The Morgan fingerprint density at radius 2 is 2.05 bits per heavy atom. The number of nitrogens with one attached hydrogen (secondary N) is 2. The van der Waals surface area contributed by atoms with E-state index in [9.17, 15) is 10.1 Å². The van der Waals surface area contributed by atoms with E-state index in [0.717, 1.165) is 5.56 Å². The molecule has 2 rings (SSSR count). The lowest BCUT2D eigenvalue weighted by atomic mass is 10.2. The molecule has 0 amide bonds. The number of aromatic nitrogens is 2. The number of ether oxygens (including phenoxy) is 1. The Kier molecular flexibility index (Phi) is 4.46. The molecular formula is C12H14N6O3. The minimum absolute atomic E-state index is 0.0578. The molecule has 0 saturated heterocycles. The molecule has 9 nitrogen and oxygen atoms in total. The highest BCUT2D eigenvalue weighted by atomic mass is 16.6. The molecular weight excluding hydrogens is 276 g/mol. The zero-order valence-corrected chi connectivity index (χ0v) is 11.2. The lowest BCUT2D eigenvalue weighted by Gasteiger charge is -2.10. The van der Waals surface area contributed by atoms with Crippen molar-refractivity contribution in [1.29, 1.82) is 0 Å². The van der Waals surface area contributed by atoms with E-state index in [0.29, 0.717) is 12.3 Å². The number of nitrogens with two attached hydrogens (primary N) is 1. The van der Waals surface area contributed by atoms with E-state index >= 15 is 0 Å². The Morgan fingerprint density at radius 1 is 1.33 bits per heavy atom. The van der Waals surface area contributed by atoms with Gasteiger partial charge in [-0.1, -0.05) is 18.2 Å². The van der Waals surface area contributed by atoms with Crippen molar-refractivity contribution in [2.45, 2.75) is 6.54 Å². The van der Waals surface area contributed by atoms with Crippen molar-refractivity contribution in [3.05, 3.63) is 46.3 Å². The number of benzene rings is 1. The van der Waals surface area contributed by atoms with Gasteiger partial charge in [0.15, 0.2) is 0 Å². The number of rotatable bonds is 6. The summed E-state index contributed by atoms with van der Waals surface area (Å²) in [6, 6.07) is 7.34. The molecule has 0 bridgehead atoms. The van der Waals surface area contributed by atoms with Crippen molar-refractivity contribution in [2.24, 2.45) is 5.84 Å². The summed E-state index contributed by atoms with van der Waals surface area (Å²) in [5.74, 6) is 5.92. The number of nitrogen functional groups attached to an aromatic ring is 1. The van der Waals surface area contributed by atoms with Crippen LogP contribution in [0.25, 0.3) is 0 Å². The van der Waals surface area contributed by atoms with Gasteiger partial charge in [0.25, 0.3) is 0 Å². The van der Waals surface area contributed by atoms with Crippen LogP contribution < -0.4 is 21.3 Å². The summed E-state index contributed by atoms with van der Waals surface area (Å²) in [5.41, 5.74) is 2.71. The molecule has 0 spiro atoms. The highest BCUT2D eigenvalue weighted by molar-refractivity contribution is 5.68. The third-order valence-corrected chi connectivity index (χ3v) is 2.78. The van der Waals surface area contributed by atoms with Gasteiger partial charge in [-0.15, -0.1) is 0 Å². The molecule has 1 aromatic heterocycles. The van der Waals surface area contributed by atoms with E-state index in [1.807, 2.05) is 18.2 Å². The molecule has 1 heterocycles. The molecule has 0 aliphatic rings. The number of hydrogen-bond donors (Lipinski definition) is 3. The van der Waals surface area contributed by atoms with E-state index in [1.165, 1.54) is 6.33 Å². The van der Waals surface area contributed by atoms with Gasteiger partial charge < -0.3 is 15.5 Å². The highest BCUT2D eigenvalue weighted by Crippen LogP contribution is 2.29. The minimum atomic E-state index is -0.597. The number of hydrazine groups is 1. The fraction of sp³-hybridized carbons (Fsp3) is 0.167. The molecule has 0 unspecified atom stereocenters. The first-order valence-corrected chi connectivity index (χ1v) is 5.99. The van der Waals surface area contributed by atoms with Crippen LogP contribution in [-0.4, -0.2) is 22.0 Å². The van der Waals surface area contributed by atoms with Crippen LogP contribution in [0.3, 0.4) is 0 Å². The highest BCUT2D eigenvalue weighted by Gasteiger charge is 2.22. The third kappa shape index (κ3) is 3.15. The van der Waals surface area contributed by atoms with Gasteiger partial charge in [0.2, 0.25) is 11.6 Å². The average molecular weight is 290 g/mol. The lowest BCUT2D eigenvalue weighted by molar-refractivity contribution is -0.383. The first-order valence-electron chi connectivity index (χ1n) is 5.99. The van der Waals surface area contributed by atoms with E-state index < -0.39 is 4.92 Å². The lowest BCUT2D eigenvalue weighted by Crippen LogP contribution is -2.13. The number of nitrogens with zero attached hydrogens (tertiary/aromatic N) is 3. The SMILES string of the molecule is COc1ccccc1CNc1ncnc(NN)c1[N+](=O)[O-]. The van der Waals surface area contributed by atoms with E-state index in [2.05, 4.69) is 20.7 Å². The Labute approximate surface area is 120 Å². The zero-order chi connectivity index (χ0) is 15.2. The number of nitro groups is 1. The van der Waals surface area contributed by atoms with Crippen LogP contribution in [0.5, 0.6) is 5.75 Å². The molecule has 0 aliphatic heterocycles. The maximum Gasteiger partial charge on any atom is 0.354 e. The predicted molar refractivity (Wildman–Crippen MR) is 76.8 cm³/mol. The monoisotopic (exact) mass is 290 g/mol. The number of para-hydroxylation sites is 1. The van der Waals surface area contributed by atoms with Gasteiger partial charge in [0.1, 0.15) is 12.1 Å². The van der Waals surface area contributed by atoms with Crippen LogP contribution in [-0.2, 0) is 6.54 Å². The number of anilines is 2. The van der Waals surface area contributed by atoms with Gasteiger partial charge in [-0.3, -0.25) is 10.1 Å². The van der Waals surface area contributed by atoms with Crippen molar-refractivity contribution in [1.82, 2.24) is 9.97 Å². The van der Waals surface area contributed by atoms with E-state index in [-0.39, 0.29) is 17.3 Å². The topological polar surface area (TPSA) is 128 Å². The maximum absolute atomic E-state index is 11.1. The number of hydrogen-bond acceptors (Lipinski definition) is 8. The Hall–Kier alpha value is -2.94. The van der Waals surface area contributed by atoms with Crippen LogP contribution in [0.2, 0.25) is 0 Å². The summed E-state index contributed by atoms with van der Waals surface area (Å²) in [6.45, 7) is 0.311. The van der Waals surface area contributed by atoms with Crippen molar-refractivity contribution in [3.63, 3.8) is 0 Å². The van der Waals surface area contributed by atoms with Crippen LogP contribution >= 0.6 is 0 Å². The van der Waals surface area contributed by atoms with Gasteiger partial charge >= 0.3 is 5.69 Å². The molecule has 9 heteroatoms. The molecule has 110 valence electrons. The Morgan fingerprint density at radius 3 is 2.71 bits per heavy atom. The normalized spacial score (nSPS) is 10.0. The predicted octanol–water partition coefficient (Wildman–Crippen LogP) is 1.29. The fourth-order valence-corrected chi connectivity index (χ4v) is 1.81. The Balaban J connectivity index is 2.26. The third-order valence-electron chi connectivity index (χ3n) is 2.78. The van der Waals surface area contributed by atoms with Crippen LogP contribution in [0.4, 0.5) is 17.3 Å². The van der Waals surface area contributed by atoms with Gasteiger partial charge in [-0.25, -0.2) is 15.8 Å². The summed E-state index contributed by atoms with van der Waals surface area (Å²) in [7, 11) is 1.56. The van der Waals surface area contributed by atoms with Crippen molar-refractivity contribution in [3.8, 4) is 5.75 Å². The van der Waals surface area contributed by atoms with Gasteiger partial charge in [-0.2, -0.15) is 0 Å². The molecule has 0 atom stereocenters. The average Bonchev–Trinajstić information content (AvgIpc) is 2.52. The van der Waals surface area contributed by atoms with Gasteiger partial charge in [0, 0.05) is 12.1 Å². The second-order valence-electron chi connectivity index (χ2n) is 3.99. The largest absolute Gasteiger partial charge is 0.496 e. The van der Waals surface area contributed by atoms with Crippen LogP contribution in [0, 0.1) is 10.1 Å². The molecule has 0 saturated carbocycles. The molecule has 0 radical (unpaired) electrons. The fourth-order valence-electron chi connectivity index (χ4n) is 1.81. The molecule has 2 aromatic rings. The summed E-state index contributed by atoms with van der Waals surface area (Å²) in [6.07, 6.45) is 1.19. The standard InChI is InChI=1S/C12H14N6O3/c1-21-9-5-3-2-4-8(9)6-14-11-10(18(19)20)12(17-13)16-7-15-11/h2-5,7H,6,13H2,1H3,(H2,14,15,16,17). The molecule has 1 aromatic carbocycles. The van der Waals surface area contributed by atoms with Crippen molar-refractivity contribution >= 4 is 17.3 Å². The molecule has 0 fully saturated rings. The molecule has 21 heavy (non-hydrogen) atoms. The first kappa shape index (κ1) is 14.5. The van der Waals surface area contributed by atoms with E-state index in [1.54, 1.807) is 13.2 Å². The summed E-state index contributed by atoms with van der Waals surface area (Å²) in [4.78, 5) is 18.1. The summed E-state index contributed by atoms with van der Waals surface area (Å²) in [5, 5.41) is 14.0. The Bertz CT molecular complexity index is 649. The second-order valence-corrected chi connectivity index (χ2v) is 3.99. The first-order chi connectivity index (χ1) is 10.2. The second kappa shape index (κ2) is 6.48. The smallest absolute Gasteiger partial charge is 0.354 e. The maximum atomic E-state index is 11.1. The van der Waals surface area contributed by atoms with E-state index in [4.69, 9.17) is 10.6 Å². The van der Waals surface area contributed by atoms with Crippen molar-refractivity contribution < 1.29 is 9.66 Å².